The zero-order chi connectivity index (χ0) is 7.68. The van der Waals surface area contributed by atoms with E-state index < -0.39 is 0 Å². The molecule has 2 heteroatoms. The molecule has 3 atom stereocenters. The fourth-order valence-electron chi connectivity index (χ4n) is 2.87. The molecule has 64 valence electrons. The summed E-state index contributed by atoms with van der Waals surface area (Å²) < 4.78 is 0. The van der Waals surface area contributed by atoms with E-state index >= 15 is 0 Å². The molecule has 1 saturated heterocycles. The standard InChI is InChI=1S/C9H18N2/c10-4-3-9-7-1-2-8(9)6-11-5-7/h7-9,11H,1-6,10H2/t7-,8+,9?. The third kappa shape index (κ3) is 1.30. The molecule has 0 spiro atoms. The fraction of sp³-hybridized carbons (Fsp3) is 1.00. The summed E-state index contributed by atoms with van der Waals surface area (Å²) in [6.45, 7) is 3.39. The quantitative estimate of drug-likeness (QED) is 0.610. The third-order valence-corrected chi connectivity index (χ3v) is 3.43. The molecule has 2 aliphatic rings. The van der Waals surface area contributed by atoms with Crippen molar-refractivity contribution in [1.29, 1.82) is 0 Å². The van der Waals surface area contributed by atoms with Gasteiger partial charge in [0.2, 0.25) is 0 Å². The lowest BCUT2D eigenvalue weighted by molar-refractivity contribution is 0.235. The summed E-state index contributed by atoms with van der Waals surface area (Å²) in [6, 6.07) is 0. The van der Waals surface area contributed by atoms with Crippen molar-refractivity contribution in [1.82, 2.24) is 5.32 Å². The maximum atomic E-state index is 5.59. The summed E-state index contributed by atoms with van der Waals surface area (Å²) in [5.74, 6) is 2.87. The Balaban J connectivity index is 1.97. The highest BCUT2D eigenvalue weighted by Crippen LogP contribution is 2.40. The van der Waals surface area contributed by atoms with Gasteiger partial charge in [0.05, 0.1) is 0 Å². The second kappa shape index (κ2) is 3.11. The molecule has 1 unspecified atom stereocenters. The van der Waals surface area contributed by atoms with Gasteiger partial charge in [-0.2, -0.15) is 0 Å². The Morgan fingerprint density at radius 3 is 2.36 bits per heavy atom. The minimum absolute atomic E-state index is 0.887. The summed E-state index contributed by atoms with van der Waals surface area (Å²) in [6.07, 6.45) is 4.15. The maximum absolute atomic E-state index is 5.59. The molecule has 0 radical (unpaired) electrons. The van der Waals surface area contributed by atoms with E-state index in [1.165, 1.54) is 32.4 Å². The SMILES string of the molecule is NCCC1[C@@H]2CC[C@H]1CNC2. The first-order valence-corrected chi connectivity index (χ1v) is 4.82. The predicted molar refractivity (Wildman–Crippen MR) is 46.2 cm³/mol. The number of fused-ring (bicyclic) bond motifs is 2. The Morgan fingerprint density at radius 2 is 1.82 bits per heavy atom. The molecular formula is C9H18N2. The van der Waals surface area contributed by atoms with Crippen LogP contribution in [0.1, 0.15) is 19.3 Å². The van der Waals surface area contributed by atoms with E-state index in [-0.39, 0.29) is 0 Å². The van der Waals surface area contributed by atoms with Crippen molar-refractivity contribution in [2.24, 2.45) is 23.5 Å². The Bertz CT molecular complexity index is 120. The van der Waals surface area contributed by atoms with Crippen LogP contribution in [-0.2, 0) is 0 Å². The van der Waals surface area contributed by atoms with E-state index in [4.69, 9.17) is 5.73 Å². The van der Waals surface area contributed by atoms with Crippen LogP contribution in [0.15, 0.2) is 0 Å². The molecule has 1 aliphatic heterocycles. The normalized spacial score (nSPS) is 42.8. The van der Waals surface area contributed by atoms with Crippen LogP contribution in [-0.4, -0.2) is 19.6 Å². The molecule has 11 heavy (non-hydrogen) atoms. The smallest absolute Gasteiger partial charge is 0.00176 e. The number of rotatable bonds is 2. The first-order chi connectivity index (χ1) is 5.42. The third-order valence-electron chi connectivity index (χ3n) is 3.43. The molecule has 0 amide bonds. The second-order valence-corrected chi connectivity index (χ2v) is 4.00. The lowest BCUT2D eigenvalue weighted by atomic mass is 9.84. The second-order valence-electron chi connectivity index (χ2n) is 4.00. The van der Waals surface area contributed by atoms with Gasteiger partial charge in [0.15, 0.2) is 0 Å². The van der Waals surface area contributed by atoms with Crippen LogP contribution in [0.3, 0.4) is 0 Å². The van der Waals surface area contributed by atoms with Gasteiger partial charge in [-0.25, -0.2) is 0 Å². The van der Waals surface area contributed by atoms with Crippen molar-refractivity contribution >= 4 is 0 Å². The summed E-state index contributed by atoms with van der Waals surface area (Å²) in [5, 5.41) is 3.49. The summed E-state index contributed by atoms with van der Waals surface area (Å²) in [4.78, 5) is 0. The van der Waals surface area contributed by atoms with Crippen LogP contribution < -0.4 is 11.1 Å². The highest BCUT2D eigenvalue weighted by atomic mass is 14.9. The molecule has 0 aromatic heterocycles. The average molecular weight is 154 g/mol. The minimum Gasteiger partial charge on any atom is -0.330 e. The van der Waals surface area contributed by atoms with Gasteiger partial charge in [0.25, 0.3) is 0 Å². The van der Waals surface area contributed by atoms with E-state index in [0.29, 0.717) is 0 Å². The number of hydrogen-bond donors (Lipinski definition) is 2. The van der Waals surface area contributed by atoms with Gasteiger partial charge in [0, 0.05) is 0 Å². The molecular weight excluding hydrogens is 136 g/mol. The number of nitrogens with two attached hydrogens (primary N) is 1. The highest BCUT2D eigenvalue weighted by molar-refractivity contribution is 4.91. The van der Waals surface area contributed by atoms with E-state index in [2.05, 4.69) is 5.32 Å². The Morgan fingerprint density at radius 1 is 1.18 bits per heavy atom. The monoisotopic (exact) mass is 154 g/mol. The van der Waals surface area contributed by atoms with Gasteiger partial charge in [-0.3, -0.25) is 0 Å². The largest absolute Gasteiger partial charge is 0.330 e. The summed E-state index contributed by atoms with van der Waals surface area (Å²) in [7, 11) is 0. The van der Waals surface area contributed by atoms with Gasteiger partial charge in [-0.05, 0) is 56.7 Å². The zero-order valence-corrected chi connectivity index (χ0v) is 7.05. The van der Waals surface area contributed by atoms with Crippen LogP contribution >= 0.6 is 0 Å². The van der Waals surface area contributed by atoms with E-state index in [9.17, 15) is 0 Å². The van der Waals surface area contributed by atoms with Gasteiger partial charge < -0.3 is 11.1 Å². The highest BCUT2D eigenvalue weighted by Gasteiger charge is 2.37. The molecule has 2 bridgehead atoms. The first-order valence-electron chi connectivity index (χ1n) is 4.82. The van der Waals surface area contributed by atoms with Crippen LogP contribution in [0.25, 0.3) is 0 Å². The van der Waals surface area contributed by atoms with E-state index in [1.807, 2.05) is 0 Å². The lowest BCUT2D eigenvalue weighted by Crippen LogP contribution is -2.38. The van der Waals surface area contributed by atoms with Crippen molar-refractivity contribution in [3.63, 3.8) is 0 Å². The van der Waals surface area contributed by atoms with Crippen molar-refractivity contribution in [2.45, 2.75) is 19.3 Å². The molecule has 2 nitrogen and oxygen atoms in total. The topological polar surface area (TPSA) is 38.0 Å². The van der Waals surface area contributed by atoms with Crippen LogP contribution in [0.5, 0.6) is 0 Å². The van der Waals surface area contributed by atoms with Gasteiger partial charge in [-0.1, -0.05) is 0 Å². The Hall–Kier alpha value is -0.0800. The molecule has 2 fully saturated rings. The van der Waals surface area contributed by atoms with Crippen LogP contribution in [0.4, 0.5) is 0 Å². The van der Waals surface area contributed by atoms with Crippen molar-refractivity contribution in [2.75, 3.05) is 19.6 Å². The minimum atomic E-state index is 0.887. The number of piperidine rings is 1. The zero-order valence-electron chi connectivity index (χ0n) is 7.05. The maximum Gasteiger partial charge on any atom is -0.00176 e. The molecule has 1 aliphatic carbocycles. The van der Waals surface area contributed by atoms with Gasteiger partial charge in [0.1, 0.15) is 0 Å². The van der Waals surface area contributed by atoms with Crippen molar-refractivity contribution in [3.8, 4) is 0 Å². The van der Waals surface area contributed by atoms with Gasteiger partial charge >= 0.3 is 0 Å². The number of hydrogen-bond acceptors (Lipinski definition) is 2. The molecule has 1 saturated carbocycles. The Labute approximate surface area is 68.5 Å². The average Bonchev–Trinajstić information content (AvgIpc) is 2.30. The molecule has 3 N–H and O–H groups in total. The Kier molecular flexibility index (Phi) is 2.14. The summed E-state index contributed by atoms with van der Waals surface area (Å²) >= 11 is 0. The van der Waals surface area contributed by atoms with Crippen LogP contribution in [0.2, 0.25) is 0 Å². The first kappa shape index (κ1) is 7.56. The van der Waals surface area contributed by atoms with Crippen molar-refractivity contribution in [3.05, 3.63) is 0 Å². The van der Waals surface area contributed by atoms with E-state index in [0.717, 1.165) is 24.3 Å². The van der Waals surface area contributed by atoms with Crippen molar-refractivity contribution < 1.29 is 0 Å². The van der Waals surface area contributed by atoms with Gasteiger partial charge in [-0.15, -0.1) is 0 Å². The molecule has 1 heterocycles. The molecule has 0 aromatic carbocycles. The number of nitrogens with one attached hydrogen (secondary N) is 1. The predicted octanol–water partition coefficient (Wildman–Crippen LogP) is 0.581. The summed E-state index contributed by atoms with van der Waals surface area (Å²) in [5.41, 5.74) is 5.59. The van der Waals surface area contributed by atoms with Crippen LogP contribution in [0, 0.1) is 17.8 Å². The fourth-order valence-corrected chi connectivity index (χ4v) is 2.87. The van der Waals surface area contributed by atoms with E-state index in [1.54, 1.807) is 0 Å². The molecule has 0 aromatic rings. The molecule has 2 rings (SSSR count). The lowest BCUT2D eigenvalue weighted by Gasteiger charge is -2.30.